The minimum Gasteiger partial charge on any atom is -0.397 e. The normalized spacial score (nSPS) is 10.5. The molecule has 1 aromatic carbocycles. The minimum absolute atomic E-state index is 0.833. The van der Waals surface area contributed by atoms with Crippen LogP contribution in [0.1, 0.15) is 16.0 Å². The Kier molecular flexibility index (Phi) is 3.69. The first-order chi connectivity index (χ1) is 8.16. The summed E-state index contributed by atoms with van der Waals surface area (Å²) in [7, 11) is 0. The first-order valence-electron chi connectivity index (χ1n) is 5.80. The van der Waals surface area contributed by atoms with Gasteiger partial charge in [-0.25, -0.2) is 0 Å². The van der Waals surface area contributed by atoms with Crippen LogP contribution in [0.15, 0.2) is 29.6 Å². The van der Waals surface area contributed by atoms with Crippen molar-refractivity contribution in [3.05, 3.63) is 45.6 Å². The van der Waals surface area contributed by atoms with Crippen molar-refractivity contribution in [2.24, 2.45) is 0 Å². The van der Waals surface area contributed by atoms with Gasteiger partial charge in [0, 0.05) is 11.4 Å². The Balaban J connectivity index is 1.97. The second kappa shape index (κ2) is 5.23. The number of nitrogens with one attached hydrogen (secondary N) is 1. The summed E-state index contributed by atoms with van der Waals surface area (Å²) < 4.78 is 0. The number of rotatable bonds is 4. The maximum Gasteiger partial charge on any atom is 0.0576 e. The molecule has 3 heteroatoms. The molecule has 0 aliphatic heterocycles. The van der Waals surface area contributed by atoms with Crippen molar-refractivity contribution in [3.8, 4) is 0 Å². The fourth-order valence-electron chi connectivity index (χ4n) is 1.77. The van der Waals surface area contributed by atoms with Crippen molar-refractivity contribution in [2.45, 2.75) is 20.3 Å². The van der Waals surface area contributed by atoms with E-state index in [1.54, 1.807) is 11.3 Å². The Morgan fingerprint density at radius 1 is 1.24 bits per heavy atom. The summed E-state index contributed by atoms with van der Waals surface area (Å²) in [5, 5.41) is 5.51. The fraction of sp³-hybridized carbons (Fsp3) is 0.286. The van der Waals surface area contributed by atoms with Crippen LogP contribution in [0.3, 0.4) is 0 Å². The van der Waals surface area contributed by atoms with Crippen LogP contribution in [0.25, 0.3) is 0 Å². The van der Waals surface area contributed by atoms with E-state index in [2.05, 4.69) is 42.7 Å². The van der Waals surface area contributed by atoms with E-state index in [9.17, 15) is 0 Å². The second-order valence-corrected chi connectivity index (χ2v) is 5.31. The van der Waals surface area contributed by atoms with Crippen molar-refractivity contribution < 1.29 is 0 Å². The third-order valence-corrected chi connectivity index (χ3v) is 3.87. The molecule has 1 heterocycles. The van der Waals surface area contributed by atoms with Gasteiger partial charge in [-0.2, -0.15) is 0 Å². The molecule has 2 aromatic rings. The molecule has 0 atom stereocenters. The van der Waals surface area contributed by atoms with Crippen LogP contribution in [-0.4, -0.2) is 6.54 Å². The summed E-state index contributed by atoms with van der Waals surface area (Å²) in [5.41, 5.74) is 10.4. The monoisotopic (exact) mass is 246 g/mol. The Hall–Kier alpha value is -1.48. The van der Waals surface area contributed by atoms with Crippen molar-refractivity contribution in [3.63, 3.8) is 0 Å². The number of nitrogen functional groups attached to an aromatic ring is 1. The molecule has 0 saturated carbocycles. The lowest BCUT2D eigenvalue weighted by molar-refractivity contribution is 1.04. The maximum atomic E-state index is 5.99. The molecule has 0 unspecified atom stereocenters. The molecular weight excluding hydrogens is 228 g/mol. The third kappa shape index (κ3) is 3.01. The molecule has 2 rings (SSSR count). The molecule has 90 valence electrons. The van der Waals surface area contributed by atoms with Gasteiger partial charge in [-0.1, -0.05) is 6.07 Å². The summed E-state index contributed by atoms with van der Waals surface area (Å²) in [6.07, 6.45) is 1.05. The van der Waals surface area contributed by atoms with Gasteiger partial charge >= 0.3 is 0 Å². The number of anilines is 2. The average molecular weight is 246 g/mol. The highest BCUT2D eigenvalue weighted by Gasteiger charge is 2.02. The lowest BCUT2D eigenvalue weighted by Gasteiger charge is -2.11. The summed E-state index contributed by atoms with van der Waals surface area (Å²) >= 11 is 1.80. The van der Waals surface area contributed by atoms with Crippen molar-refractivity contribution in [1.82, 2.24) is 0 Å². The molecule has 0 amide bonds. The van der Waals surface area contributed by atoms with Crippen LogP contribution >= 0.6 is 11.3 Å². The second-order valence-electron chi connectivity index (χ2n) is 4.28. The number of aryl methyl sites for hydroxylation is 2. The SMILES string of the molecule is Cc1cc(N)c(NCCc2cccs2)cc1C. The van der Waals surface area contributed by atoms with Crippen molar-refractivity contribution in [1.29, 1.82) is 0 Å². The number of benzene rings is 1. The van der Waals surface area contributed by atoms with E-state index in [1.165, 1.54) is 16.0 Å². The Morgan fingerprint density at radius 2 is 2.00 bits per heavy atom. The third-order valence-electron chi connectivity index (χ3n) is 2.93. The number of nitrogens with two attached hydrogens (primary N) is 1. The van der Waals surface area contributed by atoms with Crippen molar-refractivity contribution in [2.75, 3.05) is 17.6 Å². The molecule has 0 aliphatic carbocycles. The van der Waals surface area contributed by atoms with Crippen LogP contribution in [0.2, 0.25) is 0 Å². The van der Waals surface area contributed by atoms with Gasteiger partial charge in [0.1, 0.15) is 0 Å². The number of thiophene rings is 1. The van der Waals surface area contributed by atoms with Gasteiger partial charge in [0.2, 0.25) is 0 Å². The zero-order valence-electron chi connectivity index (χ0n) is 10.3. The van der Waals surface area contributed by atoms with Crippen LogP contribution < -0.4 is 11.1 Å². The molecule has 0 spiro atoms. The van der Waals surface area contributed by atoms with E-state index in [4.69, 9.17) is 5.73 Å². The van der Waals surface area contributed by atoms with Gasteiger partial charge in [0.25, 0.3) is 0 Å². The predicted molar refractivity (Wildman–Crippen MR) is 76.8 cm³/mol. The van der Waals surface area contributed by atoms with E-state index in [-0.39, 0.29) is 0 Å². The van der Waals surface area contributed by atoms with Crippen molar-refractivity contribution >= 4 is 22.7 Å². The van der Waals surface area contributed by atoms with E-state index in [0.29, 0.717) is 0 Å². The molecule has 0 aliphatic rings. The lowest BCUT2D eigenvalue weighted by Crippen LogP contribution is -2.06. The molecule has 2 nitrogen and oxygen atoms in total. The Morgan fingerprint density at radius 3 is 2.71 bits per heavy atom. The molecule has 0 saturated heterocycles. The average Bonchev–Trinajstić information content (AvgIpc) is 2.78. The van der Waals surface area contributed by atoms with Gasteiger partial charge in [-0.3, -0.25) is 0 Å². The highest BCUT2D eigenvalue weighted by Crippen LogP contribution is 2.23. The number of hydrogen-bond donors (Lipinski definition) is 2. The van der Waals surface area contributed by atoms with E-state index in [0.717, 1.165) is 24.3 Å². The molecule has 0 radical (unpaired) electrons. The topological polar surface area (TPSA) is 38.0 Å². The molecular formula is C14H18N2S. The maximum absolute atomic E-state index is 5.99. The zero-order valence-corrected chi connectivity index (χ0v) is 11.1. The van der Waals surface area contributed by atoms with Crippen LogP contribution in [-0.2, 0) is 6.42 Å². The van der Waals surface area contributed by atoms with E-state index >= 15 is 0 Å². The zero-order chi connectivity index (χ0) is 12.3. The first kappa shape index (κ1) is 12.0. The largest absolute Gasteiger partial charge is 0.397 e. The molecule has 1 aromatic heterocycles. The Bertz CT molecular complexity index is 489. The molecule has 0 bridgehead atoms. The van der Waals surface area contributed by atoms with Gasteiger partial charge in [-0.05, 0) is 55.0 Å². The summed E-state index contributed by atoms with van der Waals surface area (Å²) in [6, 6.07) is 8.41. The summed E-state index contributed by atoms with van der Waals surface area (Å²) in [4.78, 5) is 1.40. The molecule has 17 heavy (non-hydrogen) atoms. The number of hydrogen-bond acceptors (Lipinski definition) is 3. The van der Waals surface area contributed by atoms with E-state index in [1.807, 2.05) is 6.07 Å². The summed E-state index contributed by atoms with van der Waals surface area (Å²) in [6.45, 7) is 5.12. The minimum atomic E-state index is 0.833. The van der Waals surface area contributed by atoms with Crippen LogP contribution in [0.5, 0.6) is 0 Å². The standard InChI is InChI=1S/C14H18N2S/c1-10-8-13(15)14(9-11(10)2)16-6-5-12-4-3-7-17-12/h3-4,7-9,16H,5-6,15H2,1-2H3. The molecule has 3 N–H and O–H groups in total. The smallest absolute Gasteiger partial charge is 0.0576 e. The van der Waals surface area contributed by atoms with Crippen LogP contribution in [0.4, 0.5) is 11.4 Å². The highest BCUT2D eigenvalue weighted by molar-refractivity contribution is 7.09. The van der Waals surface area contributed by atoms with E-state index < -0.39 is 0 Å². The van der Waals surface area contributed by atoms with Gasteiger partial charge < -0.3 is 11.1 Å². The predicted octanol–water partition coefficient (Wildman–Crippen LogP) is 3.60. The lowest BCUT2D eigenvalue weighted by atomic mass is 10.1. The van der Waals surface area contributed by atoms with Gasteiger partial charge in [-0.15, -0.1) is 11.3 Å². The highest BCUT2D eigenvalue weighted by atomic mass is 32.1. The quantitative estimate of drug-likeness (QED) is 0.809. The Labute approximate surface area is 106 Å². The first-order valence-corrected chi connectivity index (χ1v) is 6.68. The van der Waals surface area contributed by atoms with Crippen LogP contribution in [0, 0.1) is 13.8 Å². The summed E-state index contributed by atoms with van der Waals surface area (Å²) in [5.74, 6) is 0. The van der Waals surface area contributed by atoms with Gasteiger partial charge in [0.15, 0.2) is 0 Å². The van der Waals surface area contributed by atoms with Gasteiger partial charge in [0.05, 0.1) is 11.4 Å². The molecule has 0 fully saturated rings. The fourth-order valence-corrected chi connectivity index (χ4v) is 2.48.